The van der Waals surface area contributed by atoms with E-state index in [0.29, 0.717) is 18.5 Å². The summed E-state index contributed by atoms with van der Waals surface area (Å²) in [4.78, 5) is 12.7. The summed E-state index contributed by atoms with van der Waals surface area (Å²) >= 11 is 0. The lowest BCUT2D eigenvalue weighted by Crippen LogP contribution is -2.30. The highest BCUT2D eigenvalue weighted by Gasteiger charge is 2.28. The molecule has 0 saturated carbocycles. The van der Waals surface area contributed by atoms with Gasteiger partial charge in [0.15, 0.2) is 0 Å². The number of rotatable bonds is 4. The van der Waals surface area contributed by atoms with Gasteiger partial charge in [-0.3, -0.25) is 4.98 Å². The zero-order chi connectivity index (χ0) is 13.8. The molecule has 0 spiro atoms. The second kappa shape index (κ2) is 5.96. The molecular formula is C15H18N4O. The first-order valence-electron chi connectivity index (χ1n) is 6.84. The third-order valence-electron chi connectivity index (χ3n) is 3.55. The maximum Gasteiger partial charge on any atom is 0.223 e. The van der Waals surface area contributed by atoms with E-state index < -0.39 is 0 Å². The lowest BCUT2D eigenvalue weighted by molar-refractivity contribution is 0.185. The Labute approximate surface area is 118 Å². The maximum absolute atomic E-state index is 5.61. The molecule has 1 saturated heterocycles. The molecule has 2 aromatic rings. The van der Waals surface area contributed by atoms with Gasteiger partial charge in [-0.25, -0.2) is 9.97 Å². The van der Waals surface area contributed by atoms with Gasteiger partial charge < -0.3 is 10.1 Å². The van der Waals surface area contributed by atoms with E-state index in [1.807, 2.05) is 25.4 Å². The van der Waals surface area contributed by atoms with Crippen LogP contribution in [0.5, 0.6) is 0 Å². The van der Waals surface area contributed by atoms with Crippen LogP contribution in [0, 0.1) is 12.8 Å². The molecule has 1 fully saturated rings. The number of aryl methyl sites for hydroxylation is 1. The minimum Gasteiger partial charge on any atom is -0.379 e. The Bertz CT molecular complexity index is 561. The van der Waals surface area contributed by atoms with Gasteiger partial charge >= 0.3 is 0 Å². The van der Waals surface area contributed by atoms with Crippen LogP contribution in [0.1, 0.15) is 11.3 Å². The molecule has 2 aromatic heterocycles. The van der Waals surface area contributed by atoms with Crippen LogP contribution >= 0.6 is 0 Å². The Kier molecular flexibility index (Phi) is 3.87. The van der Waals surface area contributed by atoms with Crippen molar-refractivity contribution in [1.29, 1.82) is 0 Å². The van der Waals surface area contributed by atoms with Gasteiger partial charge in [0.25, 0.3) is 0 Å². The Balaban J connectivity index is 1.66. The Morgan fingerprint density at radius 1 is 1.20 bits per heavy atom. The van der Waals surface area contributed by atoms with Gasteiger partial charge in [-0.1, -0.05) is 0 Å². The topological polar surface area (TPSA) is 59.9 Å². The summed E-state index contributed by atoms with van der Waals surface area (Å²) in [6.07, 6.45) is 6.42. The van der Waals surface area contributed by atoms with Gasteiger partial charge in [-0.05, 0) is 37.1 Å². The largest absolute Gasteiger partial charge is 0.379 e. The van der Waals surface area contributed by atoms with E-state index in [1.165, 1.54) is 5.56 Å². The van der Waals surface area contributed by atoms with Crippen LogP contribution in [0.15, 0.2) is 36.8 Å². The van der Waals surface area contributed by atoms with Crippen molar-refractivity contribution in [3.8, 4) is 0 Å². The second-order valence-corrected chi connectivity index (χ2v) is 5.13. The van der Waals surface area contributed by atoms with E-state index >= 15 is 0 Å². The fraction of sp³-hybridized carbons (Fsp3) is 0.400. The fourth-order valence-electron chi connectivity index (χ4n) is 2.47. The van der Waals surface area contributed by atoms with Crippen LogP contribution in [0.2, 0.25) is 0 Å². The van der Waals surface area contributed by atoms with Crippen molar-refractivity contribution in [3.05, 3.63) is 48.0 Å². The number of nitrogens with zero attached hydrogens (tertiary/aromatic N) is 3. The van der Waals surface area contributed by atoms with Crippen LogP contribution in [-0.4, -0.2) is 34.2 Å². The molecular weight excluding hydrogens is 252 g/mol. The third kappa shape index (κ3) is 3.11. The maximum atomic E-state index is 5.61. The third-order valence-corrected chi connectivity index (χ3v) is 3.55. The minimum atomic E-state index is 0.255. The standard InChI is InChI=1S/C15H18N4O/c1-11-2-7-17-15(18-11)19-14-10-20-9-13(14)8-12-3-5-16-6-4-12/h2-7,13-14H,8-10H2,1H3,(H,17,18,19)/t13-,14+/m1/s1. The summed E-state index contributed by atoms with van der Waals surface area (Å²) in [7, 11) is 0. The number of pyridine rings is 1. The SMILES string of the molecule is Cc1ccnc(N[C@H]2COC[C@H]2Cc2ccncc2)n1. The lowest BCUT2D eigenvalue weighted by atomic mass is 9.95. The minimum absolute atomic E-state index is 0.255. The highest BCUT2D eigenvalue weighted by molar-refractivity contribution is 5.28. The molecule has 104 valence electrons. The first-order chi connectivity index (χ1) is 9.81. The van der Waals surface area contributed by atoms with E-state index in [4.69, 9.17) is 4.74 Å². The van der Waals surface area contributed by atoms with Crippen LogP contribution in [0.25, 0.3) is 0 Å². The Hall–Kier alpha value is -2.01. The molecule has 1 aliphatic heterocycles. The molecule has 3 rings (SSSR count). The number of hydrogen-bond acceptors (Lipinski definition) is 5. The van der Waals surface area contributed by atoms with Gasteiger partial charge in [0.05, 0.1) is 19.3 Å². The molecule has 0 radical (unpaired) electrons. The molecule has 0 aromatic carbocycles. The van der Waals surface area contributed by atoms with Crippen LogP contribution in [-0.2, 0) is 11.2 Å². The van der Waals surface area contributed by atoms with Crippen LogP contribution < -0.4 is 5.32 Å². The average Bonchev–Trinajstić information content (AvgIpc) is 2.87. The Morgan fingerprint density at radius 2 is 2.05 bits per heavy atom. The molecule has 0 aliphatic carbocycles. The molecule has 0 amide bonds. The summed E-state index contributed by atoms with van der Waals surface area (Å²) in [5, 5.41) is 3.39. The Morgan fingerprint density at radius 3 is 2.85 bits per heavy atom. The molecule has 5 nitrogen and oxygen atoms in total. The number of aromatic nitrogens is 3. The van der Waals surface area contributed by atoms with Crippen LogP contribution in [0.3, 0.4) is 0 Å². The predicted octanol–water partition coefficient (Wildman–Crippen LogP) is 1.85. The predicted molar refractivity (Wildman–Crippen MR) is 76.4 cm³/mol. The first kappa shape index (κ1) is 13.0. The molecule has 1 N–H and O–H groups in total. The summed E-state index contributed by atoms with van der Waals surface area (Å²) in [6.45, 7) is 3.44. The average molecular weight is 270 g/mol. The number of ether oxygens (including phenoxy) is 1. The smallest absolute Gasteiger partial charge is 0.223 e. The molecule has 3 heterocycles. The van der Waals surface area contributed by atoms with E-state index in [2.05, 4.69) is 32.4 Å². The normalized spacial score (nSPS) is 21.9. The molecule has 20 heavy (non-hydrogen) atoms. The van der Waals surface area contributed by atoms with E-state index in [9.17, 15) is 0 Å². The second-order valence-electron chi connectivity index (χ2n) is 5.13. The zero-order valence-corrected chi connectivity index (χ0v) is 11.5. The monoisotopic (exact) mass is 270 g/mol. The number of hydrogen-bond donors (Lipinski definition) is 1. The highest BCUT2D eigenvalue weighted by Crippen LogP contribution is 2.21. The van der Waals surface area contributed by atoms with Gasteiger partial charge in [-0.15, -0.1) is 0 Å². The van der Waals surface area contributed by atoms with Crippen molar-refractivity contribution >= 4 is 5.95 Å². The molecule has 1 aliphatic rings. The van der Waals surface area contributed by atoms with Crippen molar-refractivity contribution in [2.24, 2.45) is 5.92 Å². The van der Waals surface area contributed by atoms with E-state index in [-0.39, 0.29) is 6.04 Å². The van der Waals surface area contributed by atoms with Crippen molar-refractivity contribution < 1.29 is 4.74 Å². The summed E-state index contributed by atoms with van der Waals surface area (Å²) in [5.74, 6) is 1.11. The van der Waals surface area contributed by atoms with Crippen LogP contribution in [0.4, 0.5) is 5.95 Å². The molecule has 5 heteroatoms. The molecule has 0 bridgehead atoms. The summed E-state index contributed by atoms with van der Waals surface area (Å²) in [6, 6.07) is 6.26. The van der Waals surface area contributed by atoms with E-state index in [1.54, 1.807) is 6.20 Å². The quantitative estimate of drug-likeness (QED) is 0.918. The van der Waals surface area contributed by atoms with Gasteiger partial charge in [0, 0.05) is 30.2 Å². The van der Waals surface area contributed by atoms with Crippen molar-refractivity contribution in [2.75, 3.05) is 18.5 Å². The number of nitrogens with one attached hydrogen (secondary N) is 1. The van der Waals surface area contributed by atoms with Crippen molar-refractivity contribution in [1.82, 2.24) is 15.0 Å². The van der Waals surface area contributed by atoms with Gasteiger partial charge in [-0.2, -0.15) is 0 Å². The fourth-order valence-corrected chi connectivity index (χ4v) is 2.47. The highest BCUT2D eigenvalue weighted by atomic mass is 16.5. The van der Waals surface area contributed by atoms with E-state index in [0.717, 1.165) is 18.7 Å². The zero-order valence-electron chi connectivity index (χ0n) is 11.5. The summed E-state index contributed by atoms with van der Waals surface area (Å²) in [5.41, 5.74) is 2.25. The van der Waals surface area contributed by atoms with Crippen molar-refractivity contribution in [2.45, 2.75) is 19.4 Å². The van der Waals surface area contributed by atoms with Crippen molar-refractivity contribution in [3.63, 3.8) is 0 Å². The lowest BCUT2D eigenvalue weighted by Gasteiger charge is -2.19. The van der Waals surface area contributed by atoms with Gasteiger partial charge in [0.1, 0.15) is 0 Å². The number of anilines is 1. The summed E-state index contributed by atoms with van der Waals surface area (Å²) < 4.78 is 5.61. The first-order valence-corrected chi connectivity index (χ1v) is 6.84. The molecule has 2 atom stereocenters. The van der Waals surface area contributed by atoms with Gasteiger partial charge in [0.2, 0.25) is 5.95 Å². The molecule has 0 unspecified atom stereocenters.